The van der Waals surface area contributed by atoms with E-state index in [-0.39, 0.29) is 6.61 Å². The maximum atomic E-state index is 9.09. The van der Waals surface area contributed by atoms with E-state index < -0.39 is 0 Å². The van der Waals surface area contributed by atoms with Gasteiger partial charge in [0.15, 0.2) is 0 Å². The van der Waals surface area contributed by atoms with Gasteiger partial charge in [0.2, 0.25) is 0 Å². The van der Waals surface area contributed by atoms with E-state index in [9.17, 15) is 0 Å². The lowest BCUT2D eigenvalue weighted by atomic mass is 10.1. The van der Waals surface area contributed by atoms with Crippen LogP contribution in [0, 0.1) is 0 Å². The lowest BCUT2D eigenvalue weighted by Gasteiger charge is -2.01. The second kappa shape index (κ2) is 4.37. The number of aromatic nitrogens is 2. The molecule has 1 aromatic carbocycles. The molecule has 0 aliphatic carbocycles. The summed E-state index contributed by atoms with van der Waals surface area (Å²) in [6, 6.07) is 9.56. The summed E-state index contributed by atoms with van der Waals surface area (Å²) in [7, 11) is 3.45. The Bertz CT molecular complexity index is 492. The van der Waals surface area contributed by atoms with Crippen molar-refractivity contribution in [1.82, 2.24) is 9.78 Å². The number of nitrogens with zero attached hydrogens (tertiary/aromatic N) is 2. The van der Waals surface area contributed by atoms with Gasteiger partial charge in [0.25, 0.3) is 0 Å². The van der Waals surface area contributed by atoms with Gasteiger partial charge in [-0.05, 0) is 18.2 Å². The zero-order chi connectivity index (χ0) is 11.5. The highest BCUT2D eigenvalue weighted by molar-refractivity contribution is 5.61. The predicted molar refractivity (Wildman–Crippen MR) is 61.1 cm³/mol. The van der Waals surface area contributed by atoms with Crippen LogP contribution in [-0.4, -0.2) is 22.0 Å². The molecule has 0 aliphatic rings. The molecular formula is C12H14N2O2. The topological polar surface area (TPSA) is 47.3 Å². The molecule has 0 bridgehead atoms. The van der Waals surface area contributed by atoms with E-state index in [0.29, 0.717) is 0 Å². The molecule has 0 fully saturated rings. The number of hydrogen-bond acceptors (Lipinski definition) is 3. The molecule has 0 saturated heterocycles. The van der Waals surface area contributed by atoms with Crippen molar-refractivity contribution in [2.75, 3.05) is 7.11 Å². The minimum absolute atomic E-state index is 0.00648. The molecule has 1 heterocycles. The number of hydrogen-bond donors (Lipinski definition) is 1. The third-order valence-corrected chi connectivity index (χ3v) is 2.50. The highest BCUT2D eigenvalue weighted by Crippen LogP contribution is 2.23. The third-order valence-electron chi connectivity index (χ3n) is 2.50. The van der Waals surface area contributed by atoms with Crippen molar-refractivity contribution in [1.29, 1.82) is 0 Å². The van der Waals surface area contributed by atoms with E-state index in [1.54, 1.807) is 11.8 Å². The molecule has 2 aromatic rings. The highest BCUT2D eigenvalue weighted by atomic mass is 16.5. The van der Waals surface area contributed by atoms with Gasteiger partial charge in [-0.3, -0.25) is 4.68 Å². The van der Waals surface area contributed by atoms with Gasteiger partial charge >= 0.3 is 0 Å². The SMILES string of the molecule is COc1cccc(-c2cc(CO)n(C)n2)c1. The van der Waals surface area contributed by atoms with Crippen LogP contribution in [0.4, 0.5) is 0 Å². The third kappa shape index (κ3) is 1.92. The molecule has 1 N–H and O–H groups in total. The van der Waals surface area contributed by atoms with Gasteiger partial charge in [0.1, 0.15) is 5.75 Å². The van der Waals surface area contributed by atoms with Crippen molar-refractivity contribution in [3.8, 4) is 17.0 Å². The molecule has 84 valence electrons. The fraction of sp³-hybridized carbons (Fsp3) is 0.250. The second-order valence-corrected chi connectivity index (χ2v) is 3.53. The number of aliphatic hydroxyl groups excluding tert-OH is 1. The molecule has 0 saturated carbocycles. The fourth-order valence-corrected chi connectivity index (χ4v) is 1.58. The van der Waals surface area contributed by atoms with Crippen LogP contribution in [0.2, 0.25) is 0 Å². The van der Waals surface area contributed by atoms with E-state index in [1.165, 1.54) is 0 Å². The fourth-order valence-electron chi connectivity index (χ4n) is 1.58. The van der Waals surface area contributed by atoms with Crippen LogP contribution in [0.1, 0.15) is 5.69 Å². The first-order valence-electron chi connectivity index (χ1n) is 5.03. The van der Waals surface area contributed by atoms with Crippen molar-refractivity contribution in [2.24, 2.45) is 7.05 Å². The first kappa shape index (κ1) is 10.7. The van der Waals surface area contributed by atoms with Crippen LogP contribution in [-0.2, 0) is 13.7 Å². The first-order valence-corrected chi connectivity index (χ1v) is 5.03. The molecule has 0 amide bonds. The summed E-state index contributed by atoms with van der Waals surface area (Å²) in [6.07, 6.45) is 0. The Kier molecular flexibility index (Phi) is 2.92. The molecule has 4 nitrogen and oxygen atoms in total. The molecule has 1 aromatic heterocycles. The zero-order valence-electron chi connectivity index (χ0n) is 9.34. The lowest BCUT2D eigenvalue weighted by Crippen LogP contribution is -1.96. The van der Waals surface area contributed by atoms with Crippen LogP contribution in [0.5, 0.6) is 5.75 Å². The Morgan fingerprint density at radius 2 is 2.19 bits per heavy atom. The Morgan fingerprint density at radius 1 is 1.38 bits per heavy atom. The maximum Gasteiger partial charge on any atom is 0.119 e. The summed E-state index contributed by atoms with van der Waals surface area (Å²) < 4.78 is 6.83. The van der Waals surface area contributed by atoms with Crippen molar-refractivity contribution in [3.63, 3.8) is 0 Å². The largest absolute Gasteiger partial charge is 0.497 e. The standard InChI is InChI=1S/C12H14N2O2/c1-14-10(8-15)7-12(13-14)9-4-3-5-11(6-9)16-2/h3-7,15H,8H2,1-2H3. The van der Waals surface area contributed by atoms with Gasteiger partial charge < -0.3 is 9.84 Å². The van der Waals surface area contributed by atoms with Crippen LogP contribution in [0.3, 0.4) is 0 Å². The quantitative estimate of drug-likeness (QED) is 0.851. The minimum Gasteiger partial charge on any atom is -0.497 e. The molecule has 4 heteroatoms. The summed E-state index contributed by atoms with van der Waals surface area (Å²) in [5, 5.41) is 13.4. The van der Waals surface area contributed by atoms with Crippen molar-refractivity contribution in [3.05, 3.63) is 36.0 Å². The number of benzene rings is 1. The molecule has 0 atom stereocenters. The van der Waals surface area contributed by atoms with Gasteiger partial charge in [-0.2, -0.15) is 5.10 Å². The molecule has 2 rings (SSSR count). The lowest BCUT2D eigenvalue weighted by molar-refractivity contribution is 0.270. The number of aliphatic hydroxyl groups is 1. The Morgan fingerprint density at radius 3 is 2.81 bits per heavy atom. The molecule has 0 aliphatic heterocycles. The summed E-state index contributed by atoms with van der Waals surface area (Å²) >= 11 is 0. The van der Waals surface area contributed by atoms with E-state index in [0.717, 1.165) is 22.7 Å². The van der Waals surface area contributed by atoms with Gasteiger partial charge in [-0.15, -0.1) is 0 Å². The zero-order valence-corrected chi connectivity index (χ0v) is 9.34. The van der Waals surface area contributed by atoms with Gasteiger partial charge in [0.05, 0.1) is 25.1 Å². The van der Waals surface area contributed by atoms with Crippen LogP contribution in [0.25, 0.3) is 11.3 Å². The summed E-state index contributed by atoms with van der Waals surface area (Å²) in [6.45, 7) is -0.00648. The van der Waals surface area contributed by atoms with Gasteiger partial charge in [0, 0.05) is 12.6 Å². The highest BCUT2D eigenvalue weighted by Gasteiger charge is 2.06. The molecular weight excluding hydrogens is 204 g/mol. The monoisotopic (exact) mass is 218 g/mol. The Hall–Kier alpha value is -1.81. The number of rotatable bonds is 3. The van der Waals surface area contributed by atoms with E-state index >= 15 is 0 Å². The van der Waals surface area contributed by atoms with Gasteiger partial charge in [-0.25, -0.2) is 0 Å². The first-order chi connectivity index (χ1) is 7.74. The van der Waals surface area contributed by atoms with E-state index in [1.807, 2.05) is 37.4 Å². The Labute approximate surface area is 94.1 Å². The average molecular weight is 218 g/mol. The van der Waals surface area contributed by atoms with Gasteiger partial charge in [-0.1, -0.05) is 12.1 Å². The van der Waals surface area contributed by atoms with Crippen LogP contribution < -0.4 is 4.74 Å². The molecule has 16 heavy (non-hydrogen) atoms. The minimum atomic E-state index is -0.00648. The Balaban J connectivity index is 2.41. The smallest absolute Gasteiger partial charge is 0.119 e. The maximum absolute atomic E-state index is 9.09. The van der Waals surface area contributed by atoms with Crippen LogP contribution >= 0.6 is 0 Å². The van der Waals surface area contributed by atoms with Crippen molar-refractivity contribution < 1.29 is 9.84 Å². The molecule has 0 spiro atoms. The predicted octanol–water partition coefficient (Wildman–Crippen LogP) is 1.59. The van der Waals surface area contributed by atoms with Crippen LogP contribution in [0.15, 0.2) is 30.3 Å². The van der Waals surface area contributed by atoms with E-state index in [4.69, 9.17) is 9.84 Å². The van der Waals surface area contributed by atoms with E-state index in [2.05, 4.69) is 5.10 Å². The number of ether oxygens (including phenoxy) is 1. The average Bonchev–Trinajstić information content (AvgIpc) is 2.71. The normalized spacial score (nSPS) is 10.4. The summed E-state index contributed by atoms with van der Waals surface area (Å²) in [5.74, 6) is 0.800. The van der Waals surface area contributed by atoms with Crippen molar-refractivity contribution >= 4 is 0 Å². The summed E-state index contributed by atoms with van der Waals surface area (Å²) in [5.41, 5.74) is 2.61. The number of methoxy groups -OCH3 is 1. The molecule has 0 unspecified atom stereocenters. The number of aryl methyl sites for hydroxylation is 1. The van der Waals surface area contributed by atoms with Crippen molar-refractivity contribution in [2.45, 2.75) is 6.61 Å². The molecule has 0 radical (unpaired) electrons. The second-order valence-electron chi connectivity index (χ2n) is 3.53. The summed E-state index contributed by atoms with van der Waals surface area (Å²) in [4.78, 5) is 0.